The number of nitrogens with two attached hydrogens (primary N) is 1. The van der Waals surface area contributed by atoms with Crippen molar-refractivity contribution in [2.24, 2.45) is 5.73 Å². The fourth-order valence-electron chi connectivity index (χ4n) is 1.44. The van der Waals surface area contributed by atoms with Crippen LogP contribution in [0.1, 0.15) is 30.1 Å². The highest BCUT2D eigenvalue weighted by Gasteiger charge is 2.10. The van der Waals surface area contributed by atoms with Crippen molar-refractivity contribution in [2.45, 2.75) is 25.8 Å². The Bertz CT molecular complexity index is 396. The second kappa shape index (κ2) is 6.30. The standard InChI is InChI=1S/C12H16F2N2O/c1-2-3-9(15)7-16-12(17)8-4-5-10(13)11(14)6-8/h4-6,9H,2-3,7,15H2,1H3,(H,16,17). The molecule has 0 aromatic heterocycles. The molecule has 3 nitrogen and oxygen atoms in total. The van der Waals surface area contributed by atoms with Gasteiger partial charge in [-0.15, -0.1) is 0 Å². The van der Waals surface area contributed by atoms with Crippen molar-refractivity contribution in [1.82, 2.24) is 5.32 Å². The molecule has 0 saturated heterocycles. The molecule has 1 aromatic rings. The number of halogens is 2. The van der Waals surface area contributed by atoms with Crippen LogP contribution in [0.3, 0.4) is 0 Å². The molecule has 1 aromatic carbocycles. The second-order valence-corrected chi connectivity index (χ2v) is 3.89. The van der Waals surface area contributed by atoms with Crippen LogP contribution in [0.4, 0.5) is 8.78 Å². The molecule has 94 valence electrons. The maximum Gasteiger partial charge on any atom is 0.251 e. The normalized spacial score (nSPS) is 12.2. The van der Waals surface area contributed by atoms with Gasteiger partial charge in [-0.05, 0) is 24.6 Å². The first kappa shape index (κ1) is 13.6. The first-order valence-electron chi connectivity index (χ1n) is 5.53. The summed E-state index contributed by atoms with van der Waals surface area (Å²) in [7, 11) is 0. The Kier molecular flexibility index (Phi) is 5.03. The fourth-order valence-corrected chi connectivity index (χ4v) is 1.44. The summed E-state index contributed by atoms with van der Waals surface area (Å²) in [6.45, 7) is 2.32. The zero-order valence-corrected chi connectivity index (χ0v) is 9.67. The lowest BCUT2D eigenvalue weighted by Gasteiger charge is -2.11. The van der Waals surface area contributed by atoms with Gasteiger partial charge in [-0.2, -0.15) is 0 Å². The minimum Gasteiger partial charge on any atom is -0.350 e. The third-order valence-corrected chi connectivity index (χ3v) is 2.37. The number of amides is 1. The number of hydrogen-bond donors (Lipinski definition) is 2. The summed E-state index contributed by atoms with van der Waals surface area (Å²) in [4.78, 5) is 11.6. The summed E-state index contributed by atoms with van der Waals surface area (Å²) < 4.78 is 25.5. The van der Waals surface area contributed by atoms with E-state index in [2.05, 4.69) is 5.32 Å². The number of nitrogens with one attached hydrogen (secondary N) is 1. The van der Waals surface area contributed by atoms with E-state index in [9.17, 15) is 13.6 Å². The molecular formula is C12H16F2N2O. The molecular weight excluding hydrogens is 226 g/mol. The fraction of sp³-hybridized carbons (Fsp3) is 0.417. The van der Waals surface area contributed by atoms with Gasteiger partial charge in [0.2, 0.25) is 0 Å². The highest BCUT2D eigenvalue weighted by atomic mass is 19.2. The van der Waals surface area contributed by atoms with Crippen molar-refractivity contribution in [3.63, 3.8) is 0 Å². The Morgan fingerprint density at radius 3 is 2.71 bits per heavy atom. The van der Waals surface area contributed by atoms with Crippen LogP contribution < -0.4 is 11.1 Å². The third-order valence-electron chi connectivity index (χ3n) is 2.37. The molecule has 0 fully saturated rings. The van der Waals surface area contributed by atoms with E-state index in [1.165, 1.54) is 6.07 Å². The predicted octanol–water partition coefficient (Wildman–Crippen LogP) is 1.82. The van der Waals surface area contributed by atoms with E-state index < -0.39 is 17.5 Å². The molecule has 0 bridgehead atoms. The SMILES string of the molecule is CCCC(N)CNC(=O)c1ccc(F)c(F)c1. The number of benzene rings is 1. The van der Waals surface area contributed by atoms with Crippen LogP contribution in [-0.4, -0.2) is 18.5 Å². The van der Waals surface area contributed by atoms with Gasteiger partial charge in [0, 0.05) is 18.2 Å². The van der Waals surface area contributed by atoms with Crippen LogP contribution in [0.2, 0.25) is 0 Å². The molecule has 1 amide bonds. The Morgan fingerprint density at radius 2 is 2.12 bits per heavy atom. The minimum absolute atomic E-state index is 0.0904. The molecule has 0 saturated carbocycles. The van der Waals surface area contributed by atoms with Gasteiger partial charge >= 0.3 is 0 Å². The lowest BCUT2D eigenvalue weighted by molar-refractivity contribution is 0.0950. The van der Waals surface area contributed by atoms with Gasteiger partial charge in [-0.1, -0.05) is 13.3 Å². The largest absolute Gasteiger partial charge is 0.350 e. The molecule has 0 aliphatic rings. The molecule has 0 spiro atoms. The maximum atomic E-state index is 12.9. The van der Waals surface area contributed by atoms with E-state index in [4.69, 9.17) is 5.73 Å². The molecule has 3 N–H and O–H groups in total. The monoisotopic (exact) mass is 242 g/mol. The van der Waals surface area contributed by atoms with E-state index in [1.807, 2.05) is 6.92 Å². The first-order chi connectivity index (χ1) is 8.04. The maximum absolute atomic E-state index is 12.9. The summed E-state index contributed by atoms with van der Waals surface area (Å²) in [5.74, 6) is -2.45. The van der Waals surface area contributed by atoms with Crippen LogP contribution in [0.15, 0.2) is 18.2 Å². The van der Waals surface area contributed by atoms with E-state index >= 15 is 0 Å². The highest BCUT2D eigenvalue weighted by Crippen LogP contribution is 2.08. The van der Waals surface area contributed by atoms with Gasteiger partial charge in [0.25, 0.3) is 5.91 Å². The summed E-state index contributed by atoms with van der Waals surface area (Å²) >= 11 is 0. The van der Waals surface area contributed by atoms with Crippen molar-refractivity contribution in [2.75, 3.05) is 6.54 Å². The Hall–Kier alpha value is -1.49. The molecule has 0 radical (unpaired) electrons. The number of rotatable bonds is 5. The average molecular weight is 242 g/mol. The molecule has 1 atom stereocenters. The Morgan fingerprint density at radius 1 is 1.41 bits per heavy atom. The van der Waals surface area contributed by atoms with Crippen molar-refractivity contribution < 1.29 is 13.6 Å². The van der Waals surface area contributed by atoms with E-state index in [-0.39, 0.29) is 11.6 Å². The van der Waals surface area contributed by atoms with Crippen molar-refractivity contribution in [1.29, 1.82) is 0 Å². The topological polar surface area (TPSA) is 55.1 Å². The summed E-state index contributed by atoms with van der Waals surface area (Å²) in [6, 6.07) is 2.92. The molecule has 17 heavy (non-hydrogen) atoms. The van der Waals surface area contributed by atoms with E-state index in [0.29, 0.717) is 6.54 Å². The summed E-state index contributed by atoms with van der Waals surface area (Å²) in [6.07, 6.45) is 1.74. The van der Waals surface area contributed by atoms with E-state index in [0.717, 1.165) is 25.0 Å². The molecule has 0 aliphatic carbocycles. The van der Waals surface area contributed by atoms with Crippen LogP contribution in [0.25, 0.3) is 0 Å². The minimum atomic E-state index is -1.03. The summed E-state index contributed by atoms with van der Waals surface area (Å²) in [5, 5.41) is 2.58. The van der Waals surface area contributed by atoms with Gasteiger partial charge in [0.1, 0.15) is 0 Å². The lowest BCUT2D eigenvalue weighted by Crippen LogP contribution is -2.37. The smallest absolute Gasteiger partial charge is 0.251 e. The average Bonchev–Trinajstić information content (AvgIpc) is 2.30. The zero-order chi connectivity index (χ0) is 12.8. The van der Waals surface area contributed by atoms with Crippen LogP contribution >= 0.6 is 0 Å². The molecule has 1 rings (SSSR count). The van der Waals surface area contributed by atoms with Crippen molar-refractivity contribution >= 4 is 5.91 Å². The first-order valence-corrected chi connectivity index (χ1v) is 5.53. The second-order valence-electron chi connectivity index (χ2n) is 3.89. The number of carbonyl (C=O) groups is 1. The number of hydrogen-bond acceptors (Lipinski definition) is 2. The number of carbonyl (C=O) groups excluding carboxylic acids is 1. The zero-order valence-electron chi connectivity index (χ0n) is 9.67. The highest BCUT2D eigenvalue weighted by molar-refractivity contribution is 5.94. The third kappa shape index (κ3) is 4.11. The molecule has 5 heteroatoms. The predicted molar refractivity (Wildman–Crippen MR) is 61.6 cm³/mol. The molecule has 0 heterocycles. The van der Waals surface area contributed by atoms with E-state index in [1.54, 1.807) is 0 Å². The quantitative estimate of drug-likeness (QED) is 0.827. The van der Waals surface area contributed by atoms with Crippen LogP contribution in [0, 0.1) is 11.6 Å². The Labute approximate surface area is 99.0 Å². The van der Waals surface area contributed by atoms with Gasteiger partial charge in [-0.3, -0.25) is 4.79 Å². The van der Waals surface area contributed by atoms with Gasteiger partial charge in [0.15, 0.2) is 11.6 Å². The molecule has 1 unspecified atom stereocenters. The van der Waals surface area contributed by atoms with Crippen LogP contribution in [-0.2, 0) is 0 Å². The van der Waals surface area contributed by atoms with Gasteiger partial charge in [-0.25, -0.2) is 8.78 Å². The van der Waals surface area contributed by atoms with Crippen LogP contribution in [0.5, 0.6) is 0 Å². The van der Waals surface area contributed by atoms with Crippen molar-refractivity contribution in [3.8, 4) is 0 Å². The summed E-state index contributed by atoms with van der Waals surface area (Å²) in [5.41, 5.74) is 5.81. The van der Waals surface area contributed by atoms with Crippen molar-refractivity contribution in [3.05, 3.63) is 35.4 Å². The van der Waals surface area contributed by atoms with Gasteiger partial charge < -0.3 is 11.1 Å². The van der Waals surface area contributed by atoms with Gasteiger partial charge in [0.05, 0.1) is 0 Å². The lowest BCUT2D eigenvalue weighted by atomic mass is 10.1. The Balaban J connectivity index is 2.55. The molecule has 0 aliphatic heterocycles.